The van der Waals surface area contributed by atoms with Gasteiger partial charge in [0.15, 0.2) is 0 Å². The molecule has 0 radical (unpaired) electrons. The van der Waals surface area contributed by atoms with Gasteiger partial charge in [-0.1, -0.05) is 24.3 Å². The lowest BCUT2D eigenvalue weighted by Gasteiger charge is -2.24. The van der Waals surface area contributed by atoms with E-state index in [2.05, 4.69) is 31.4 Å². The molecule has 20 heavy (non-hydrogen) atoms. The van der Waals surface area contributed by atoms with E-state index in [9.17, 15) is 5.11 Å². The second-order valence-corrected chi connectivity index (χ2v) is 5.98. The lowest BCUT2D eigenvalue weighted by molar-refractivity contribution is 0.413. The average Bonchev–Trinajstić information content (AvgIpc) is 2.77. The molecular formula is C17H18N2O. The summed E-state index contributed by atoms with van der Waals surface area (Å²) >= 11 is 0. The Labute approximate surface area is 118 Å². The molecule has 0 saturated carbocycles. The lowest BCUT2D eigenvalue weighted by Crippen LogP contribution is -2.22. The Hall–Kier alpha value is -2.29. The third-order valence-electron chi connectivity index (χ3n) is 3.34. The van der Waals surface area contributed by atoms with Crippen LogP contribution in [0.4, 0.5) is 0 Å². The summed E-state index contributed by atoms with van der Waals surface area (Å²) in [6, 6.07) is 15.4. The van der Waals surface area contributed by atoms with Gasteiger partial charge >= 0.3 is 0 Å². The third-order valence-corrected chi connectivity index (χ3v) is 3.34. The molecule has 3 aromatic rings. The van der Waals surface area contributed by atoms with Gasteiger partial charge in [0.05, 0.1) is 11.0 Å². The van der Waals surface area contributed by atoms with Crippen molar-refractivity contribution in [1.29, 1.82) is 0 Å². The van der Waals surface area contributed by atoms with E-state index in [4.69, 9.17) is 4.98 Å². The fourth-order valence-electron chi connectivity index (χ4n) is 2.54. The molecule has 0 atom stereocenters. The Morgan fingerprint density at radius 2 is 1.75 bits per heavy atom. The summed E-state index contributed by atoms with van der Waals surface area (Å²) in [6.45, 7) is 6.48. The van der Waals surface area contributed by atoms with Gasteiger partial charge in [0.2, 0.25) is 0 Å². The second kappa shape index (κ2) is 4.37. The molecule has 1 aromatic heterocycles. The standard InChI is InChI=1S/C17H18N2O/c1-17(2,3)19-15-10-5-4-9-14(15)18-16(19)12-7-6-8-13(20)11-12/h4-11,20H,1-3H3. The monoisotopic (exact) mass is 266 g/mol. The molecule has 1 N–H and O–H groups in total. The maximum atomic E-state index is 9.71. The van der Waals surface area contributed by atoms with Gasteiger partial charge in [0.25, 0.3) is 0 Å². The first-order valence-corrected chi connectivity index (χ1v) is 6.74. The molecule has 0 bridgehead atoms. The second-order valence-electron chi connectivity index (χ2n) is 5.98. The molecule has 3 rings (SSSR count). The molecule has 0 aliphatic carbocycles. The number of hydrogen-bond acceptors (Lipinski definition) is 2. The van der Waals surface area contributed by atoms with E-state index in [1.54, 1.807) is 12.1 Å². The molecule has 0 saturated heterocycles. The molecule has 2 aromatic carbocycles. The number of aromatic hydroxyl groups is 1. The van der Waals surface area contributed by atoms with Crippen LogP contribution in [0.5, 0.6) is 5.75 Å². The fourth-order valence-corrected chi connectivity index (χ4v) is 2.54. The number of para-hydroxylation sites is 2. The van der Waals surface area contributed by atoms with Gasteiger partial charge in [-0.15, -0.1) is 0 Å². The minimum atomic E-state index is -0.0864. The maximum Gasteiger partial charge on any atom is 0.141 e. The van der Waals surface area contributed by atoms with Gasteiger partial charge in [-0.25, -0.2) is 4.98 Å². The van der Waals surface area contributed by atoms with E-state index in [-0.39, 0.29) is 11.3 Å². The Balaban J connectivity index is 2.35. The van der Waals surface area contributed by atoms with Gasteiger partial charge < -0.3 is 9.67 Å². The fraction of sp³-hybridized carbons (Fsp3) is 0.235. The summed E-state index contributed by atoms with van der Waals surface area (Å²) in [4.78, 5) is 4.74. The van der Waals surface area contributed by atoms with Gasteiger partial charge in [-0.2, -0.15) is 0 Å². The number of hydrogen-bond donors (Lipinski definition) is 1. The zero-order valence-electron chi connectivity index (χ0n) is 12.0. The van der Waals surface area contributed by atoms with Crippen molar-refractivity contribution in [3.05, 3.63) is 48.5 Å². The van der Waals surface area contributed by atoms with E-state index in [0.29, 0.717) is 0 Å². The zero-order valence-corrected chi connectivity index (χ0v) is 12.0. The Kier molecular flexibility index (Phi) is 2.78. The molecule has 102 valence electrons. The van der Waals surface area contributed by atoms with Crippen LogP contribution >= 0.6 is 0 Å². The van der Waals surface area contributed by atoms with Gasteiger partial charge in [-0.3, -0.25) is 0 Å². The molecule has 1 heterocycles. The summed E-state index contributed by atoms with van der Waals surface area (Å²) in [5.74, 6) is 1.14. The van der Waals surface area contributed by atoms with Crippen LogP contribution in [0.3, 0.4) is 0 Å². The molecule has 0 aliphatic heterocycles. The molecule has 0 amide bonds. The van der Waals surface area contributed by atoms with Crippen molar-refractivity contribution >= 4 is 11.0 Å². The van der Waals surface area contributed by atoms with Crippen LogP contribution in [-0.4, -0.2) is 14.7 Å². The van der Waals surface area contributed by atoms with E-state index >= 15 is 0 Å². The molecule has 3 nitrogen and oxygen atoms in total. The summed E-state index contributed by atoms with van der Waals surface area (Å²) in [7, 11) is 0. The van der Waals surface area contributed by atoms with E-state index in [0.717, 1.165) is 22.4 Å². The smallest absolute Gasteiger partial charge is 0.141 e. The predicted octanol–water partition coefficient (Wildman–Crippen LogP) is 4.16. The zero-order chi connectivity index (χ0) is 14.3. The van der Waals surface area contributed by atoms with Crippen molar-refractivity contribution in [2.45, 2.75) is 26.3 Å². The number of fused-ring (bicyclic) bond motifs is 1. The SMILES string of the molecule is CC(C)(C)n1c(-c2cccc(O)c2)nc2ccccc21. The summed E-state index contributed by atoms with van der Waals surface area (Å²) in [5.41, 5.74) is 2.92. The Morgan fingerprint density at radius 3 is 2.45 bits per heavy atom. The van der Waals surface area contributed by atoms with Crippen molar-refractivity contribution in [2.24, 2.45) is 0 Å². The highest BCUT2D eigenvalue weighted by molar-refractivity contribution is 5.81. The predicted molar refractivity (Wildman–Crippen MR) is 81.8 cm³/mol. The van der Waals surface area contributed by atoms with Crippen LogP contribution in [-0.2, 0) is 5.54 Å². The van der Waals surface area contributed by atoms with Gasteiger partial charge in [0, 0.05) is 11.1 Å². The summed E-state index contributed by atoms with van der Waals surface area (Å²) in [5, 5.41) is 9.71. The van der Waals surface area contributed by atoms with Crippen molar-refractivity contribution in [3.63, 3.8) is 0 Å². The lowest BCUT2D eigenvalue weighted by atomic mass is 10.1. The molecule has 3 heteroatoms. The average molecular weight is 266 g/mol. The first-order chi connectivity index (χ1) is 9.47. The highest BCUT2D eigenvalue weighted by atomic mass is 16.3. The highest BCUT2D eigenvalue weighted by Crippen LogP contribution is 2.32. The van der Waals surface area contributed by atoms with Crippen molar-refractivity contribution < 1.29 is 5.11 Å². The largest absolute Gasteiger partial charge is 0.508 e. The first-order valence-electron chi connectivity index (χ1n) is 6.74. The molecule has 0 aliphatic rings. The molecule has 0 spiro atoms. The normalized spacial score (nSPS) is 11.9. The van der Waals surface area contributed by atoms with E-state index < -0.39 is 0 Å². The summed E-state index contributed by atoms with van der Waals surface area (Å²) in [6.07, 6.45) is 0. The van der Waals surface area contributed by atoms with Crippen LogP contribution in [0.15, 0.2) is 48.5 Å². The van der Waals surface area contributed by atoms with Crippen LogP contribution < -0.4 is 0 Å². The van der Waals surface area contributed by atoms with Crippen molar-refractivity contribution in [2.75, 3.05) is 0 Å². The quantitative estimate of drug-likeness (QED) is 0.718. The number of imidazole rings is 1. The number of rotatable bonds is 1. The molecule has 0 fully saturated rings. The van der Waals surface area contributed by atoms with Crippen LogP contribution in [0.2, 0.25) is 0 Å². The van der Waals surface area contributed by atoms with Crippen LogP contribution in [0, 0.1) is 0 Å². The van der Waals surface area contributed by atoms with Crippen molar-refractivity contribution in [3.8, 4) is 17.1 Å². The minimum absolute atomic E-state index is 0.0864. The van der Waals surface area contributed by atoms with Crippen LogP contribution in [0.1, 0.15) is 20.8 Å². The van der Waals surface area contributed by atoms with Gasteiger partial charge in [-0.05, 0) is 45.0 Å². The molecular weight excluding hydrogens is 248 g/mol. The van der Waals surface area contributed by atoms with Crippen LogP contribution in [0.25, 0.3) is 22.4 Å². The Morgan fingerprint density at radius 1 is 1.00 bits per heavy atom. The maximum absolute atomic E-state index is 9.71. The topological polar surface area (TPSA) is 38.0 Å². The number of benzene rings is 2. The number of aromatic nitrogens is 2. The summed E-state index contributed by atoms with van der Waals surface area (Å²) < 4.78 is 2.22. The molecule has 0 unspecified atom stereocenters. The number of phenols is 1. The number of nitrogens with zero attached hydrogens (tertiary/aromatic N) is 2. The van der Waals surface area contributed by atoms with Gasteiger partial charge in [0.1, 0.15) is 11.6 Å². The Bertz CT molecular complexity index is 766. The third kappa shape index (κ3) is 2.05. The van der Waals surface area contributed by atoms with E-state index in [1.165, 1.54) is 0 Å². The first kappa shape index (κ1) is 12.7. The van der Waals surface area contributed by atoms with E-state index in [1.807, 2.05) is 30.3 Å². The highest BCUT2D eigenvalue weighted by Gasteiger charge is 2.22. The number of phenolic OH excluding ortho intramolecular Hbond substituents is 1. The van der Waals surface area contributed by atoms with Crippen molar-refractivity contribution in [1.82, 2.24) is 9.55 Å². The minimum Gasteiger partial charge on any atom is -0.508 e.